The molecule has 60 valence electrons. The van der Waals surface area contributed by atoms with Crippen molar-refractivity contribution in [1.29, 1.82) is 0 Å². The Balaban J connectivity index is 2.64. The van der Waals surface area contributed by atoms with E-state index in [-0.39, 0.29) is 0 Å². The molecular formula is C7H9BrN2O. The lowest BCUT2D eigenvalue weighted by Crippen LogP contribution is -1.85. The molecule has 0 unspecified atom stereocenters. The van der Waals surface area contributed by atoms with Crippen LogP contribution in [-0.2, 0) is 18.3 Å². The number of aldehydes is 1. The van der Waals surface area contributed by atoms with Crippen molar-refractivity contribution in [1.82, 2.24) is 9.55 Å². The Morgan fingerprint density at radius 2 is 2.55 bits per heavy atom. The van der Waals surface area contributed by atoms with Gasteiger partial charge in [0.15, 0.2) is 4.73 Å². The third-order valence-corrected chi connectivity index (χ3v) is 2.12. The summed E-state index contributed by atoms with van der Waals surface area (Å²) in [7, 11) is 1.90. The largest absolute Gasteiger partial charge is 0.328 e. The molecule has 0 radical (unpaired) electrons. The minimum atomic E-state index is 0.545. The number of aryl methyl sites for hydroxylation is 2. The highest BCUT2D eigenvalue weighted by molar-refractivity contribution is 9.10. The van der Waals surface area contributed by atoms with Crippen LogP contribution in [-0.4, -0.2) is 15.8 Å². The Bertz CT molecular complexity index is 237. The van der Waals surface area contributed by atoms with Crippen LogP contribution < -0.4 is 0 Å². The van der Waals surface area contributed by atoms with Crippen molar-refractivity contribution in [2.75, 3.05) is 0 Å². The molecular weight excluding hydrogens is 208 g/mol. The Morgan fingerprint density at radius 3 is 3.00 bits per heavy atom. The molecule has 0 N–H and O–H groups in total. The summed E-state index contributed by atoms with van der Waals surface area (Å²) in [6, 6.07) is 0. The maximum absolute atomic E-state index is 10.0. The third kappa shape index (κ3) is 2.15. The number of hydrogen-bond donors (Lipinski definition) is 0. The number of carbonyl (C=O) groups is 1. The second-order valence-corrected chi connectivity index (χ2v) is 3.03. The van der Waals surface area contributed by atoms with Gasteiger partial charge in [-0.3, -0.25) is 0 Å². The van der Waals surface area contributed by atoms with Gasteiger partial charge >= 0.3 is 0 Å². The van der Waals surface area contributed by atoms with Crippen LogP contribution in [0.5, 0.6) is 0 Å². The molecule has 0 amide bonds. The predicted molar refractivity (Wildman–Crippen MR) is 45.3 cm³/mol. The maximum Gasteiger partial charge on any atom is 0.177 e. The van der Waals surface area contributed by atoms with Gasteiger partial charge in [0, 0.05) is 19.7 Å². The number of rotatable bonds is 3. The number of imidazole rings is 1. The minimum Gasteiger partial charge on any atom is -0.328 e. The van der Waals surface area contributed by atoms with Gasteiger partial charge < -0.3 is 9.36 Å². The van der Waals surface area contributed by atoms with E-state index in [2.05, 4.69) is 20.9 Å². The average Bonchev–Trinajstić information content (AvgIpc) is 2.28. The van der Waals surface area contributed by atoms with Gasteiger partial charge in [-0.15, -0.1) is 0 Å². The topological polar surface area (TPSA) is 34.9 Å². The van der Waals surface area contributed by atoms with Crippen LogP contribution in [0.2, 0.25) is 0 Å². The highest BCUT2D eigenvalue weighted by Gasteiger charge is 2.00. The standard InChI is InChI=1S/C7H9BrN2O/c1-10-5-6(3-2-4-11)9-7(10)8/h4-5H,2-3H2,1H3. The zero-order valence-corrected chi connectivity index (χ0v) is 7.84. The fourth-order valence-corrected chi connectivity index (χ4v) is 1.16. The number of hydrogen-bond acceptors (Lipinski definition) is 2. The van der Waals surface area contributed by atoms with Crippen LogP contribution in [0.1, 0.15) is 12.1 Å². The van der Waals surface area contributed by atoms with Gasteiger partial charge in [-0.25, -0.2) is 4.98 Å². The van der Waals surface area contributed by atoms with E-state index in [0.29, 0.717) is 6.42 Å². The van der Waals surface area contributed by atoms with Crippen LogP contribution in [0, 0.1) is 0 Å². The second-order valence-electron chi connectivity index (χ2n) is 2.32. The van der Waals surface area contributed by atoms with Crippen molar-refractivity contribution in [3.63, 3.8) is 0 Å². The minimum absolute atomic E-state index is 0.545. The lowest BCUT2D eigenvalue weighted by Gasteiger charge is -1.86. The number of carbonyl (C=O) groups excluding carboxylic acids is 1. The first-order valence-corrected chi connectivity index (χ1v) is 4.14. The molecule has 1 aromatic rings. The molecule has 0 spiro atoms. The van der Waals surface area contributed by atoms with Crippen molar-refractivity contribution in [2.24, 2.45) is 7.05 Å². The summed E-state index contributed by atoms with van der Waals surface area (Å²) in [5.74, 6) is 0. The SMILES string of the molecule is Cn1cc(CCC=O)nc1Br. The summed E-state index contributed by atoms with van der Waals surface area (Å²) in [4.78, 5) is 14.2. The number of halogens is 1. The summed E-state index contributed by atoms with van der Waals surface area (Å²) in [6.45, 7) is 0. The fraction of sp³-hybridized carbons (Fsp3) is 0.429. The first-order chi connectivity index (χ1) is 5.24. The van der Waals surface area contributed by atoms with E-state index in [0.717, 1.165) is 23.1 Å². The normalized spacial score (nSPS) is 10.0. The van der Waals surface area contributed by atoms with Gasteiger partial charge in [-0.05, 0) is 22.4 Å². The number of aromatic nitrogens is 2. The highest BCUT2D eigenvalue weighted by Crippen LogP contribution is 2.08. The Kier molecular flexibility index (Phi) is 2.82. The van der Waals surface area contributed by atoms with Crippen LogP contribution in [0.15, 0.2) is 10.9 Å². The molecule has 0 saturated carbocycles. The molecule has 0 aromatic carbocycles. The van der Waals surface area contributed by atoms with E-state index in [4.69, 9.17) is 0 Å². The third-order valence-electron chi connectivity index (χ3n) is 1.39. The van der Waals surface area contributed by atoms with Gasteiger partial charge in [0.1, 0.15) is 6.29 Å². The Labute approximate surface area is 73.6 Å². The molecule has 4 heteroatoms. The van der Waals surface area contributed by atoms with Gasteiger partial charge in [-0.1, -0.05) is 0 Å². The molecule has 11 heavy (non-hydrogen) atoms. The summed E-state index contributed by atoms with van der Waals surface area (Å²) in [5.41, 5.74) is 0.950. The predicted octanol–water partition coefficient (Wildman–Crippen LogP) is 1.31. The molecule has 1 rings (SSSR count). The van der Waals surface area contributed by atoms with Crippen molar-refractivity contribution >= 4 is 22.2 Å². The quantitative estimate of drug-likeness (QED) is 0.715. The van der Waals surface area contributed by atoms with Crippen LogP contribution in [0.3, 0.4) is 0 Å². The van der Waals surface area contributed by atoms with Crippen molar-refractivity contribution in [3.8, 4) is 0 Å². The zero-order chi connectivity index (χ0) is 8.27. The van der Waals surface area contributed by atoms with E-state index in [1.807, 2.05) is 17.8 Å². The molecule has 0 aliphatic carbocycles. The summed E-state index contributed by atoms with van der Waals surface area (Å²) < 4.78 is 2.68. The molecule has 1 heterocycles. The lowest BCUT2D eigenvalue weighted by molar-refractivity contribution is -0.107. The highest BCUT2D eigenvalue weighted by atomic mass is 79.9. The van der Waals surface area contributed by atoms with Gasteiger partial charge in [-0.2, -0.15) is 0 Å². The Morgan fingerprint density at radius 1 is 1.82 bits per heavy atom. The first kappa shape index (κ1) is 8.46. The average molecular weight is 217 g/mol. The van der Waals surface area contributed by atoms with Crippen LogP contribution >= 0.6 is 15.9 Å². The maximum atomic E-state index is 10.0. The molecule has 0 aliphatic rings. The summed E-state index contributed by atoms with van der Waals surface area (Å²) in [6.07, 6.45) is 4.09. The van der Waals surface area contributed by atoms with Gasteiger partial charge in [0.2, 0.25) is 0 Å². The van der Waals surface area contributed by atoms with E-state index in [9.17, 15) is 4.79 Å². The summed E-state index contributed by atoms with van der Waals surface area (Å²) in [5, 5.41) is 0. The van der Waals surface area contributed by atoms with Gasteiger partial charge in [0.05, 0.1) is 5.69 Å². The van der Waals surface area contributed by atoms with Crippen LogP contribution in [0.25, 0.3) is 0 Å². The van der Waals surface area contributed by atoms with Gasteiger partial charge in [0.25, 0.3) is 0 Å². The molecule has 0 atom stereocenters. The first-order valence-electron chi connectivity index (χ1n) is 3.35. The summed E-state index contributed by atoms with van der Waals surface area (Å²) >= 11 is 3.27. The number of nitrogens with zero attached hydrogens (tertiary/aromatic N) is 2. The van der Waals surface area contributed by atoms with E-state index < -0.39 is 0 Å². The van der Waals surface area contributed by atoms with Crippen molar-refractivity contribution < 1.29 is 4.79 Å². The molecule has 0 bridgehead atoms. The van der Waals surface area contributed by atoms with Crippen molar-refractivity contribution in [2.45, 2.75) is 12.8 Å². The fourth-order valence-electron chi connectivity index (χ4n) is 0.830. The second kappa shape index (κ2) is 3.67. The molecule has 3 nitrogen and oxygen atoms in total. The smallest absolute Gasteiger partial charge is 0.177 e. The molecule has 0 fully saturated rings. The lowest BCUT2D eigenvalue weighted by atomic mass is 10.3. The Hall–Kier alpha value is -0.640. The van der Waals surface area contributed by atoms with Crippen molar-refractivity contribution in [3.05, 3.63) is 16.6 Å². The van der Waals surface area contributed by atoms with E-state index in [1.165, 1.54) is 0 Å². The van der Waals surface area contributed by atoms with E-state index >= 15 is 0 Å². The van der Waals surface area contributed by atoms with Crippen LogP contribution in [0.4, 0.5) is 0 Å². The molecule has 0 saturated heterocycles. The molecule has 0 aliphatic heterocycles. The zero-order valence-electron chi connectivity index (χ0n) is 6.25. The monoisotopic (exact) mass is 216 g/mol. The van der Waals surface area contributed by atoms with E-state index in [1.54, 1.807) is 0 Å². The molecule has 1 aromatic heterocycles.